The molecule has 0 bridgehead atoms. The number of rotatable bonds is 3. The van der Waals surface area contributed by atoms with Gasteiger partial charge in [0, 0.05) is 44.7 Å². The summed E-state index contributed by atoms with van der Waals surface area (Å²) in [5.74, 6) is 0. The van der Waals surface area contributed by atoms with E-state index in [2.05, 4.69) is 107 Å². The van der Waals surface area contributed by atoms with E-state index in [0.717, 1.165) is 39.0 Å². The third kappa shape index (κ3) is 2.83. The van der Waals surface area contributed by atoms with Gasteiger partial charge < -0.3 is 14.3 Å². The Kier molecular flexibility index (Phi) is 3.84. The van der Waals surface area contributed by atoms with Gasteiger partial charge in [0.2, 0.25) is 0 Å². The summed E-state index contributed by atoms with van der Waals surface area (Å²) in [5.41, 5.74) is 7.39. The van der Waals surface area contributed by atoms with Crippen LogP contribution in [0.1, 0.15) is 0 Å². The Hall–Kier alpha value is -4.50. The van der Waals surface area contributed by atoms with Crippen molar-refractivity contribution in [3.63, 3.8) is 0 Å². The number of furan rings is 1. The second-order valence-corrected chi connectivity index (χ2v) is 8.35. The van der Waals surface area contributed by atoms with E-state index in [0.29, 0.717) is 0 Å². The minimum atomic E-state index is 0.890. The number of nitrogens with zero attached hydrogens (tertiary/aromatic N) is 1. The lowest BCUT2D eigenvalue weighted by molar-refractivity contribution is 0.669. The number of benzene rings is 5. The zero-order valence-corrected chi connectivity index (χ0v) is 17.8. The molecule has 5 aromatic carbocycles. The quantitative estimate of drug-likeness (QED) is 0.308. The summed E-state index contributed by atoms with van der Waals surface area (Å²) in [6.45, 7) is 0. The molecule has 3 nitrogen and oxygen atoms in total. The van der Waals surface area contributed by atoms with E-state index < -0.39 is 0 Å². The molecule has 7 aromatic rings. The second kappa shape index (κ2) is 7.01. The molecule has 0 aliphatic heterocycles. The summed E-state index contributed by atoms with van der Waals surface area (Å²) in [5, 5.41) is 8.36. The summed E-state index contributed by atoms with van der Waals surface area (Å²) in [4.78, 5) is 0. The Balaban J connectivity index is 1.37. The van der Waals surface area contributed by atoms with E-state index >= 15 is 0 Å². The van der Waals surface area contributed by atoms with Crippen molar-refractivity contribution in [2.45, 2.75) is 0 Å². The van der Waals surface area contributed by atoms with Crippen molar-refractivity contribution in [3.8, 4) is 5.69 Å². The highest BCUT2D eigenvalue weighted by Gasteiger charge is 2.13. The van der Waals surface area contributed by atoms with Crippen molar-refractivity contribution in [2.24, 2.45) is 0 Å². The first-order valence-corrected chi connectivity index (χ1v) is 11.1. The maximum atomic E-state index is 6.07. The number of para-hydroxylation sites is 3. The Bertz CT molecular complexity index is 1790. The molecule has 0 aliphatic carbocycles. The van der Waals surface area contributed by atoms with Crippen LogP contribution in [-0.4, -0.2) is 4.57 Å². The molecule has 0 unspecified atom stereocenters. The van der Waals surface area contributed by atoms with Gasteiger partial charge in [-0.1, -0.05) is 60.7 Å². The number of hydrogen-bond donors (Lipinski definition) is 1. The minimum Gasteiger partial charge on any atom is -0.456 e. The van der Waals surface area contributed by atoms with Crippen LogP contribution in [0.5, 0.6) is 0 Å². The molecule has 7 rings (SSSR count). The van der Waals surface area contributed by atoms with Crippen molar-refractivity contribution in [2.75, 3.05) is 5.32 Å². The molecular weight excluding hydrogens is 404 g/mol. The molecule has 156 valence electrons. The molecule has 1 N–H and O–H groups in total. The van der Waals surface area contributed by atoms with Crippen LogP contribution in [0.15, 0.2) is 120 Å². The monoisotopic (exact) mass is 424 g/mol. The van der Waals surface area contributed by atoms with E-state index in [1.807, 2.05) is 18.2 Å². The van der Waals surface area contributed by atoms with Crippen LogP contribution in [-0.2, 0) is 0 Å². The van der Waals surface area contributed by atoms with Crippen molar-refractivity contribution < 1.29 is 4.42 Å². The first-order valence-electron chi connectivity index (χ1n) is 11.1. The largest absolute Gasteiger partial charge is 0.456 e. The fourth-order valence-corrected chi connectivity index (χ4v) is 4.87. The third-order valence-electron chi connectivity index (χ3n) is 6.36. The van der Waals surface area contributed by atoms with Gasteiger partial charge in [0.05, 0.1) is 11.0 Å². The van der Waals surface area contributed by atoms with Crippen molar-refractivity contribution in [3.05, 3.63) is 115 Å². The van der Waals surface area contributed by atoms with Crippen LogP contribution in [0, 0.1) is 0 Å². The third-order valence-corrected chi connectivity index (χ3v) is 6.36. The molecule has 2 aromatic heterocycles. The van der Waals surface area contributed by atoms with Gasteiger partial charge in [0.1, 0.15) is 11.2 Å². The van der Waals surface area contributed by atoms with Crippen LogP contribution < -0.4 is 5.32 Å². The summed E-state index contributed by atoms with van der Waals surface area (Å²) < 4.78 is 8.41. The molecule has 33 heavy (non-hydrogen) atoms. The SMILES string of the molecule is c1ccc(-n2c3ccccc3c3ccc(Nc4ccc5c(c4)oc4ccccc45)cc32)cc1. The fourth-order valence-electron chi connectivity index (χ4n) is 4.87. The van der Waals surface area contributed by atoms with Crippen LogP contribution in [0.25, 0.3) is 49.4 Å². The molecule has 0 fully saturated rings. The van der Waals surface area contributed by atoms with E-state index in [1.165, 1.54) is 21.8 Å². The van der Waals surface area contributed by atoms with Gasteiger partial charge in [0.15, 0.2) is 0 Å². The first kappa shape index (κ1) is 18.1. The van der Waals surface area contributed by atoms with Gasteiger partial charge in [-0.15, -0.1) is 0 Å². The zero-order chi connectivity index (χ0) is 21.8. The number of fused-ring (bicyclic) bond motifs is 6. The highest BCUT2D eigenvalue weighted by molar-refractivity contribution is 6.10. The maximum absolute atomic E-state index is 6.07. The number of nitrogens with one attached hydrogen (secondary N) is 1. The number of anilines is 2. The molecule has 2 heterocycles. The maximum Gasteiger partial charge on any atom is 0.137 e. The van der Waals surface area contributed by atoms with Crippen LogP contribution in [0.2, 0.25) is 0 Å². The van der Waals surface area contributed by atoms with E-state index in [9.17, 15) is 0 Å². The molecule has 0 atom stereocenters. The number of hydrogen-bond acceptors (Lipinski definition) is 2. The molecule has 0 spiro atoms. The van der Waals surface area contributed by atoms with Gasteiger partial charge in [-0.25, -0.2) is 0 Å². The normalized spacial score (nSPS) is 11.6. The summed E-state index contributed by atoms with van der Waals surface area (Å²) in [6.07, 6.45) is 0. The molecule has 3 heteroatoms. The lowest BCUT2D eigenvalue weighted by Gasteiger charge is -2.10. The molecule has 0 radical (unpaired) electrons. The Labute approximate surface area is 190 Å². The van der Waals surface area contributed by atoms with E-state index in [4.69, 9.17) is 4.42 Å². The smallest absolute Gasteiger partial charge is 0.137 e. The van der Waals surface area contributed by atoms with E-state index in [1.54, 1.807) is 0 Å². The van der Waals surface area contributed by atoms with Gasteiger partial charge in [0.25, 0.3) is 0 Å². The zero-order valence-electron chi connectivity index (χ0n) is 17.8. The second-order valence-electron chi connectivity index (χ2n) is 8.35. The molecule has 0 amide bonds. The number of aromatic nitrogens is 1. The van der Waals surface area contributed by atoms with Gasteiger partial charge in [-0.05, 0) is 48.5 Å². The average molecular weight is 425 g/mol. The summed E-state index contributed by atoms with van der Waals surface area (Å²) in [6, 6.07) is 40.2. The van der Waals surface area contributed by atoms with Crippen molar-refractivity contribution in [1.29, 1.82) is 0 Å². The summed E-state index contributed by atoms with van der Waals surface area (Å²) in [7, 11) is 0. The van der Waals surface area contributed by atoms with Crippen LogP contribution >= 0.6 is 0 Å². The standard InChI is InChI=1S/C30H20N2O/c1-2-8-22(9-3-1)32-27-12-6-4-10-23(27)24-16-14-20(18-28(24)32)31-21-15-17-26-25-11-5-7-13-29(25)33-30(26)19-21/h1-19,31H. The first-order chi connectivity index (χ1) is 16.3. The predicted molar refractivity (Wildman–Crippen MR) is 138 cm³/mol. The van der Waals surface area contributed by atoms with Crippen molar-refractivity contribution >= 4 is 55.1 Å². The topological polar surface area (TPSA) is 30.1 Å². The van der Waals surface area contributed by atoms with Gasteiger partial charge >= 0.3 is 0 Å². The van der Waals surface area contributed by atoms with Crippen LogP contribution in [0.3, 0.4) is 0 Å². The average Bonchev–Trinajstić information content (AvgIpc) is 3.39. The van der Waals surface area contributed by atoms with E-state index in [-0.39, 0.29) is 0 Å². The fraction of sp³-hybridized carbons (Fsp3) is 0. The highest BCUT2D eigenvalue weighted by Crippen LogP contribution is 2.35. The predicted octanol–water partition coefficient (Wildman–Crippen LogP) is 8.43. The van der Waals surface area contributed by atoms with Crippen molar-refractivity contribution in [1.82, 2.24) is 4.57 Å². The minimum absolute atomic E-state index is 0.890. The highest BCUT2D eigenvalue weighted by atomic mass is 16.3. The molecular formula is C30H20N2O. The van der Waals surface area contributed by atoms with Crippen LogP contribution in [0.4, 0.5) is 11.4 Å². The lowest BCUT2D eigenvalue weighted by atomic mass is 10.1. The molecule has 0 saturated carbocycles. The Morgan fingerprint density at radius 1 is 0.485 bits per heavy atom. The molecule has 0 saturated heterocycles. The Morgan fingerprint density at radius 2 is 1.12 bits per heavy atom. The Morgan fingerprint density at radius 3 is 2.00 bits per heavy atom. The molecule has 0 aliphatic rings. The lowest BCUT2D eigenvalue weighted by Crippen LogP contribution is -1.94. The summed E-state index contributed by atoms with van der Waals surface area (Å²) >= 11 is 0. The van der Waals surface area contributed by atoms with Gasteiger partial charge in [-0.3, -0.25) is 0 Å². The van der Waals surface area contributed by atoms with Gasteiger partial charge in [-0.2, -0.15) is 0 Å².